The number of ether oxygens (including phenoxy) is 1. The number of hydrogen-bond donors (Lipinski definition) is 3. The van der Waals surface area contributed by atoms with Gasteiger partial charge in [-0.2, -0.15) is 0 Å². The zero-order valence-electron chi connectivity index (χ0n) is 17.0. The number of thiophene rings is 1. The van der Waals surface area contributed by atoms with E-state index in [4.69, 9.17) is 16.3 Å². The Labute approximate surface area is 182 Å². The molecular formula is C22H30ClN3O2S. The second-order valence-electron chi connectivity index (χ2n) is 7.36. The molecule has 0 aliphatic carbocycles. The average molecular weight is 436 g/mol. The van der Waals surface area contributed by atoms with Crippen molar-refractivity contribution in [2.45, 2.75) is 38.9 Å². The summed E-state index contributed by atoms with van der Waals surface area (Å²) in [6.45, 7) is 6.75. The number of aliphatic hydroxyl groups is 1. The maximum Gasteiger partial charge on any atom is 0.191 e. The standard InChI is InChI=1S/C22H30ClN3O2S/c1-3-24-22(26-14-18(27)19-10-11-20(23)29-19)25-13-17-5-4-12-28-21(17)16-8-6-15(2)7-9-16/h6-11,17-18,21,27H,3-5,12-14H2,1-2H3,(H2,24,25,26). The summed E-state index contributed by atoms with van der Waals surface area (Å²) in [7, 11) is 0. The lowest BCUT2D eigenvalue weighted by atomic mass is 9.89. The first-order chi connectivity index (χ1) is 14.1. The van der Waals surface area contributed by atoms with Gasteiger partial charge in [-0.15, -0.1) is 11.3 Å². The van der Waals surface area contributed by atoms with Crippen molar-refractivity contribution in [1.29, 1.82) is 0 Å². The lowest BCUT2D eigenvalue weighted by Gasteiger charge is -2.32. The van der Waals surface area contributed by atoms with Crippen LogP contribution in [0.25, 0.3) is 0 Å². The van der Waals surface area contributed by atoms with Crippen LogP contribution in [0.5, 0.6) is 0 Å². The van der Waals surface area contributed by atoms with Crippen molar-refractivity contribution in [2.75, 3.05) is 26.2 Å². The van der Waals surface area contributed by atoms with E-state index in [0.29, 0.717) is 16.2 Å². The number of rotatable bonds is 7. The fourth-order valence-corrected chi connectivity index (χ4v) is 4.56. The Hall–Kier alpha value is -1.60. The molecule has 0 amide bonds. The van der Waals surface area contributed by atoms with Crippen LogP contribution in [0.3, 0.4) is 0 Å². The van der Waals surface area contributed by atoms with Crippen LogP contribution >= 0.6 is 22.9 Å². The van der Waals surface area contributed by atoms with Gasteiger partial charge >= 0.3 is 0 Å². The van der Waals surface area contributed by atoms with Gasteiger partial charge in [0.15, 0.2) is 5.96 Å². The van der Waals surface area contributed by atoms with E-state index in [-0.39, 0.29) is 12.6 Å². The molecule has 29 heavy (non-hydrogen) atoms. The quantitative estimate of drug-likeness (QED) is 0.443. The fourth-order valence-electron chi connectivity index (χ4n) is 3.52. The molecule has 1 aromatic carbocycles. The average Bonchev–Trinajstić information content (AvgIpc) is 3.17. The van der Waals surface area contributed by atoms with E-state index in [2.05, 4.69) is 46.8 Å². The lowest BCUT2D eigenvalue weighted by molar-refractivity contribution is -0.0265. The van der Waals surface area contributed by atoms with Crippen molar-refractivity contribution >= 4 is 28.9 Å². The Morgan fingerprint density at radius 2 is 2.07 bits per heavy atom. The molecule has 1 aromatic heterocycles. The number of guanidine groups is 1. The number of benzene rings is 1. The van der Waals surface area contributed by atoms with Crippen molar-refractivity contribution in [1.82, 2.24) is 10.6 Å². The normalized spacial score (nSPS) is 21.0. The zero-order valence-corrected chi connectivity index (χ0v) is 18.6. The van der Waals surface area contributed by atoms with Crippen LogP contribution in [0, 0.1) is 12.8 Å². The summed E-state index contributed by atoms with van der Waals surface area (Å²) in [4.78, 5) is 5.39. The summed E-state index contributed by atoms with van der Waals surface area (Å²) in [6.07, 6.45) is 1.63. The van der Waals surface area contributed by atoms with Crippen molar-refractivity contribution in [3.63, 3.8) is 0 Å². The molecule has 3 rings (SSSR count). The van der Waals surface area contributed by atoms with Crippen LogP contribution < -0.4 is 10.6 Å². The van der Waals surface area contributed by atoms with E-state index in [1.54, 1.807) is 6.07 Å². The predicted octanol–water partition coefficient (Wildman–Crippen LogP) is 4.47. The van der Waals surface area contributed by atoms with E-state index < -0.39 is 6.10 Å². The first-order valence-corrected chi connectivity index (χ1v) is 11.4. The van der Waals surface area contributed by atoms with Gasteiger partial charge in [0.25, 0.3) is 0 Å². The number of aliphatic hydroxyl groups excluding tert-OH is 1. The molecule has 5 nitrogen and oxygen atoms in total. The molecule has 1 saturated heterocycles. The van der Waals surface area contributed by atoms with Gasteiger partial charge in [-0.05, 0) is 44.4 Å². The number of aliphatic imine (C=N–C) groups is 1. The van der Waals surface area contributed by atoms with Crippen LogP contribution in [-0.2, 0) is 4.74 Å². The molecule has 1 fully saturated rings. The minimum absolute atomic E-state index is 0.0959. The summed E-state index contributed by atoms with van der Waals surface area (Å²) in [5, 5.41) is 17.0. The molecule has 0 saturated carbocycles. The number of hydrogen-bond acceptors (Lipinski definition) is 4. The third-order valence-electron chi connectivity index (χ3n) is 5.07. The molecule has 158 valence electrons. The van der Waals surface area contributed by atoms with E-state index >= 15 is 0 Å². The van der Waals surface area contributed by atoms with E-state index in [1.807, 2.05) is 13.0 Å². The highest BCUT2D eigenvalue weighted by Gasteiger charge is 2.27. The highest BCUT2D eigenvalue weighted by Crippen LogP contribution is 2.33. The van der Waals surface area contributed by atoms with Gasteiger partial charge in [-0.25, -0.2) is 0 Å². The Bertz CT molecular complexity index is 794. The van der Waals surface area contributed by atoms with Gasteiger partial charge in [0.2, 0.25) is 0 Å². The van der Waals surface area contributed by atoms with Crippen LogP contribution in [0.2, 0.25) is 4.34 Å². The molecule has 2 aromatic rings. The number of nitrogens with zero attached hydrogens (tertiary/aromatic N) is 1. The first kappa shape index (κ1) is 22.1. The summed E-state index contributed by atoms with van der Waals surface area (Å²) in [5.74, 6) is 1.08. The molecule has 0 spiro atoms. The number of halogens is 1. The molecule has 0 bridgehead atoms. The SMILES string of the molecule is CCNC(=NCC(O)c1ccc(Cl)s1)NCC1CCCOC1c1ccc(C)cc1. The largest absolute Gasteiger partial charge is 0.386 e. The van der Waals surface area contributed by atoms with Crippen molar-refractivity contribution in [3.8, 4) is 0 Å². The Kier molecular flexibility index (Phi) is 8.36. The highest BCUT2D eigenvalue weighted by atomic mass is 35.5. The maximum absolute atomic E-state index is 10.4. The molecule has 7 heteroatoms. The Balaban J connectivity index is 1.61. The third-order valence-corrected chi connectivity index (χ3v) is 6.40. The molecule has 2 heterocycles. The van der Waals surface area contributed by atoms with Crippen LogP contribution in [0.15, 0.2) is 41.4 Å². The molecule has 3 N–H and O–H groups in total. The van der Waals surface area contributed by atoms with Gasteiger partial charge in [-0.1, -0.05) is 41.4 Å². The van der Waals surface area contributed by atoms with Crippen molar-refractivity contribution < 1.29 is 9.84 Å². The smallest absolute Gasteiger partial charge is 0.191 e. The van der Waals surface area contributed by atoms with Crippen molar-refractivity contribution in [2.24, 2.45) is 10.9 Å². The zero-order chi connectivity index (χ0) is 20.6. The van der Waals surface area contributed by atoms with Crippen molar-refractivity contribution in [3.05, 3.63) is 56.7 Å². The predicted molar refractivity (Wildman–Crippen MR) is 121 cm³/mol. The summed E-state index contributed by atoms with van der Waals surface area (Å²) in [6, 6.07) is 12.3. The number of nitrogens with one attached hydrogen (secondary N) is 2. The summed E-state index contributed by atoms with van der Waals surface area (Å²) >= 11 is 7.35. The minimum Gasteiger partial charge on any atom is -0.386 e. The first-order valence-electron chi connectivity index (χ1n) is 10.2. The van der Waals surface area contributed by atoms with E-state index in [9.17, 15) is 5.11 Å². The molecule has 0 radical (unpaired) electrons. The molecule has 1 aliphatic heterocycles. The maximum atomic E-state index is 10.4. The Morgan fingerprint density at radius 3 is 2.76 bits per heavy atom. The molecule has 3 unspecified atom stereocenters. The lowest BCUT2D eigenvalue weighted by Crippen LogP contribution is -2.42. The molecular weight excluding hydrogens is 406 g/mol. The second-order valence-corrected chi connectivity index (χ2v) is 9.11. The van der Waals surface area contributed by atoms with Gasteiger partial charge in [0, 0.05) is 30.5 Å². The fraction of sp³-hybridized carbons (Fsp3) is 0.500. The summed E-state index contributed by atoms with van der Waals surface area (Å²) < 4.78 is 6.79. The highest BCUT2D eigenvalue weighted by molar-refractivity contribution is 7.16. The van der Waals surface area contributed by atoms with E-state index in [0.717, 1.165) is 37.4 Å². The van der Waals surface area contributed by atoms with Gasteiger partial charge in [0.1, 0.15) is 6.10 Å². The van der Waals surface area contributed by atoms with E-state index in [1.165, 1.54) is 22.5 Å². The van der Waals surface area contributed by atoms with Crippen LogP contribution in [0.1, 0.15) is 48.0 Å². The topological polar surface area (TPSA) is 65.9 Å². The van der Waals surface area contributed by atoms with Gasteiger partial charge < -0.3 is 20.5 Å². The molecule has 3 atom stereocenters. The molecule has 1 aliphatic rings. The minimum atomic E-state index is -0.652. The summed E-state index contributed by atoms with van der Waals surface area (Å²) in [5.41, 5.74) is 2.49. The Morgan fingerprint density at radius 1 is 1.28 bits per heavy atom. The second kappa shape index (κ2) is 11.0. The monoisotopic (exact) mass is 435 g/mol. The van der Waals surface area contributed by atoms with Crippen LogP contribution in [-0.4, -0.2) is 37.3 Å². The van der Waals surface area contributed by atoms with Gasteiger partial charge in [-0.3, -0.25) is 4.99 Å². The number of aryl methyl sites for hydroxylation is 1. The third kappa shape index (κ3) is 6.44. The van der Waals surface area contributed by atoms with Crippen LogP contribution in [0.4, 0.5) is 0 Å². The van der Waals surface area contributed by atoms with Gasteiger partial charge in [0.05, 0.1) is 17.0 Å².